The first-order chi connectivity index (χ1) is 12.5. The summed E-state index contributed by atoms with van der Waals surface area (Å²) >= 11 is 0. The number of nitrogens with zero attached hydrogens (tertiary/aromatic N) is 2. The highest BCUT2D eigenvalue weighted by Gasteiger charge is 2.31. The van der Waals surface area contributed by atoms with Crippen molar-refractivity contribution in [1.82, 2.24) is 15.1 Å². The molecule has 3 rings (SSSR count). The molecule has 8 heteroatoms. The molecule has 2 saturated heterocycles. The summed E-state index contributed by atoms with van der Waals surface area (Å²) in [6.45, 7) is 1.80. The Labute approximate surface area is 152 Å². The summed E-state index contributed by atoms with van der Waals surface area (Å²) in [5, 5.41) is 2.83. The fraction of sp³-hybridized carbons (Fsp3) is 0.500. The second kappa shape index (κ2) is 8.07. The highest BCUT2D eigenvalue weighted by Crippen LogP contribution is 2.15. The lowest BCUT2D eigenvalue weighted by Gasteiger charge is -2.18. The summed E-state index contributed by atoms with van der Waals surface area (Å²) in [4.78, 5) is 38.7. The number of likely N-dealkylation sites (tertiary alicyclic amines) is 1. The van der Waals surface area contributed by atoms with Crippen LogP contribution in [-0.2, 0) is 20.7 Å². The summed E-state index contributed by atoms with van der Waals surface area (Å²) in [6.07, 6.45) is 0.568. The molecule has 1 N–H and O–H groups in total. The average molecular weight is 361 g/mol. The predicted octanol–water partition coefficient (Wildman–Crippen LogP) is 0.407. The van der Waals surface area contributed by atoms with Crippen molar-refractivity contribution in [2.24, 2.45) is 0 Å². The molecule has 1 aromatic carbocycles. The Kier molecular flexibility index (Phi) is 5.60. The molecular weight excluding hydrogens is 338 g/mol. The molecule has 8 nitrogen and oxygen atoms in total. The van der Waals surface area contributed by atoms with Gasteiger partial charge in [-0.3, -0.25) is 14.5 Å². The van der Waals surface area contributed by atoms with Crippen molar-refractivity contribution in [3.63, 3.8) is 0 Å². The van der Waals surface area contributed by atoms with Crippen LogP contribution in [0.5, 0.6) is 5.75 Å². The van der Waals surface area contributed by atoms with E-state index < -0.39 is 6.09 Å². The molecule has 1 atom stereocenters. The molecule has 0 unspecified atom stereocenters. The minimum absolute atomic E-state index is 0.0318. The Morgan fingerprint density at radius 3 is 2.69 bits per heavy atom. The number of carbonyl (C=O) groups is 3. The van der Waals surface area contributed by atoms with Crippen molar-refractivity contribution >= 4 is 17.9 Å². The molecule has 1 aromatic rings. The van der Waals surface area contributed by atoms with Crippen molar-refractivity contribution in [3.8, 4) is 5.75 Å². The third-order valence-electron chi connectivity index (χ3n) is 4.59. The van der Waals surface area contributed by atoms with Crippen molar-refractivity contribution in [2.75, 3.05) is 39.9 Å². The number of amides is 3. The third kappa shape index (κ3) is 4.44. The molecular formula is C18H23N3O5. The quantitative estimate of drug-likeness (QED) is 0.760. The van der Waals surface area contributed by atoms with Crippen LogP contribution < -0.4 is 10.1 Å². The van der Waals surface area contributed by atoms with Gasteiger partial charge in [0.1, 0.15) is 18.9 Å². The van der Waals surface area contributed by atoms with Crippen molar-refractivity contribution in [3.05, 3.63) is 29.8 Å². The van der Waals surface area contributed by atoms with E-state index in [0.717, 1.165) is 17.7 Å². The van der Waals surface area contributed by atoms with Gasteiger partial charge in [0.25, 0.3) is 0 Å². The Bertz CT molecular complexity index is 676. The number of ether oxygens (including phenoxy) is 2. The largest absolute Gasteiger partial charge is 0.497 e. The molecule has 0 aromatic heterocycles. The van der Waals surface area contributed by atoms with Gasteiger partial charge in [0.2, 0.25) is 11.8 Å². The van der Waals surface area contributed by atoms with E-state index in [2.05, 4.69) is 5.32 Å². The second-order valence-corrected chi connectivity index (χ2v) is 6.44. The first-order valence-corrected chi connectivity index (χ1v) is 8.67. The molecule has 0 radical (unpaired) electrons. The van der Waals surface area contributed by atoms with Gasteiger partial charge < -0.3 is 19.7 Å². The van der Waals surface area contributed by atoms with Gasteiger partial charge in [0.15, 0.2) is 0 Å². The van der Waals surface area contributed by atoms with Crippen LogP contribution in [0.2, 0.25) is 0 Å². The SMILES string of the molecule is COc1ccc(CCN2C[C@H](NC(=O)CN3CCOC3=O)CC2=O)cc1. The van der Waals surface area contributed by atoms with Gasteiger partial charge in [-0.05, 0) is 24.1 Å². The van der Waals surface area contributed by atoms with Gasteiger partial charge in [0, 0.05) is 19.5 Å². The summed E-state index contributed by atoms with van der Waals surface area (Å²) in [6, 6.07) is 7.53. The maximum absolute atomic E-state index is 12.2. The van der Waals surface area contributed by atoms with Gasteiger partial charge >= 0.3 is 6.09 Å². The molecule has 26 heavy (non-hydrogen) atoms. The standard InChI is InChI=1S/C18H23N3O5/c1-25-15-4-2-13(3-5-15)6-7-20-11-14(10-17(20)23)19-16(22)12-21-8-9-26-18(21)24/h2-5,14H,6-12H2,1H3,(H,19,22)/t14-/m1/s1. The predicted molar refractivity (Wildman–Crippen MR) is 92.7 cm³/mol. The number of methoxy groups -OCH3 is 1. The van der Waals surface area contributed by atoms with E-state index >= 15 is 0 Å². The minimum Gasteiger partial charge on any atom is -0.497 e. The molecule has 0 saturated carbocycles. The highest BCUT2D eigenvalue weighted by atomic mass is 16.6. The van der Waals surface area contributed by atoms with Crippen LogP contribution in [0.15, 0.2) is 24.3 Å². The van der Waals surface area contributed by atoms with Crippen LogP contribution in [0.4, 0.5) is 4.79 Å². The zero-order valence-corrected chi connectivity index (χ0v) is 14.8. The molecule has 140 valence electrons. The van der Waals surface area contributed by atoms with Crippen molar-refractivity contribution in [1.29, 1.82) is 0 Å². The Hall–Kier alpha value is -2.77. The summed E-state index contributed by atoms with van der Waals surface area (Å²) in [7, 11) is 1.62. The van der Waals surface area contributed by atoms with Crippen LogP contribution in [0.1, 0.15) is 12.0 Å². The highest BCUT2D eigenvalue weighted by molar-refractivity contribution is 5.85. The zero-order chi connectivity index (χ0) is 18.5. The second-order valence-electron chi connectivity index (χ2n) is 6.44. The molecule has 2 aliphatic rings. The topological polar surface area (TPSA) is 88.2 Å². The van der Waals surface area contributed by atoms with Crippen LogP contribution in [0.25, 0.3) is 0 Å². The molecule has 0 aliphatic carbocycles. The molecule has 0 bridgehead atoms. The minimum atomic E-state index is -0.469. The summed E-state index contributed by atoms with van der Waals surface area (Å²) in [5.41, 5.74) is 1.12. The molecule has 2 heterocycles. The fourth-order valence-corrected chi connectivity index (χ4v) is 3.16. The maximum Gasteiger partial charge on any atom is 0.410 e. The van der Waals surface area contributed by atoms with Gasteiger partial charge in [-0.1, -0.05) is 12.1 Å². The monoisotopic (exact) mass is 361 g/mol. The molecule has 0 spiro atoms. The number of hydrogen-bond donors (Lipinski definition) is 1. The number of benzene rings is 1. The van der Waals surface area contributed by atoms with E-state index in [-0.39, 0.29) is 24.4 Å². The molecule has 3 amide bonds. The lowest BCUT2D eigenvalue weighted by Crippen LogP contribution is -2.43. The van der Waals surface area contributed by atoms with Crippen molar-refractivity contribution in [2.45, 2.75) is 18.9 Å². The Morgan fingerprint density at radius 1 is 1.27 bits per heavy atom. The van der Waals surface area contributed by atoms with Gasteiger partial charge in [0.05, 0.1) is 19.7 Å². The maximum atomic E-state index is 12.2. The van der Waals surface area contributed by atoms with E-state index in [1.807, 2.05) is 24.3 Å². The Morgan fingerprint density at radius 2 is 2.04 bits per heavy atom. The van der Waals surface area contributed by atoms with E-state index in [0.29, 0.717) is 32.7 Å². The smallest absolute Gasteiger partial charge is 0.410 e. The molecule has 2 aliphatic heterocycles. The lowest BCUT2D eigenvalue weighted by atomic mass is 10.1. The average Bonchev–Trinajstić information content (AvgIpc) is 3.18. The first kappa shape index (κ1) is 18.0. The summed E-state index contributed by atoms with van der Waals surface area (Å²) < 4.78 is 9.93. The van der Waals surface area contributed by atoms with Crippen LogP contribution in [-0.4, -0.2) is 73.6 Å². The van der Waals surface area contributed by atoms with Gasteiger partial charge in [-0.25, -0.2) is 4.79 Å². The van der Waals surface area contributed by atoms with E-state index in [1.54, 1.807) is 12.0 Å². The summed E-state index contributed by atoms with van der Waals surface area (Å²) in [5.74, 6) is 0.568. The fourth-order valence-electron chi connectivity index (χ4n) is 3.16. The van der Waals surface area contributed by atoms with E-state index in [9.17, 15) is 14.4 Å². The zero-order valence-electron chi connectivity index (χ0n) is 14.8. The number of nitrogens with one attached hydrogen (secondary N) is 1. The number of rotatable bonds is 7. The number of hydrogen-bond acceptors (Lipinski definition) is 5. The number of cyclic esters (lactones) is 1. The van der Waals surface area contributed by atoms with Crippen LogP contribution >= 0.6 is 0 Å². The Balaban J connectivity index is 1.44. The normalized spacial score (nSPS) is 19.7. The van der Waals surface area contributed by atoms with Gasteiger partial charge in [-0.15, -0.1) is 0 Å². The van der Waals surface area contributed by atoms with Crippen LogP contribution in [0, 0.1) is 0 Å². The molecule has 2 fully saturated rings. The number of carbonyl (C=O) groups excluding carboxylic acids is 3. The van der Waals surface area contributed by atoms with E-state index in [1.165, 1.54) is 4.90 Å². The van der Waals surface area contributed by atoms with E-state index in [4.69, 9.17) is 9.47 Å². The first-order valence-electron chi connectivity index (χ1n) is 8.67. The third-order valence-corrected chi connectivity index (χ3v) is 4.59. The van der Waals surface area contributed by atoms with Gasteiger partial charge in [-0.2, -0.15) is 0 Å². The van der Waals surface area contributed by atoms with Crippen molar-refractivity contribution < 1.29 is 23.9 Å². The lowest BCUT2D eigenvalue weighted by molar-refractivity contribution is -0.127. The van der Waals surface area contributed by atoms with Crippen LogP contribution in [0.3, 0.4) is 0 Å².